The number of pyridine rings is 1. The van der Waals surface area contributed by atoms with Gasteiger partial charge in [0.15, 0.2) is 0 Å². The van der Waals surface area contributed by atoms with E-state index in [-0.39, 0.29) is 5.91 Å². The third kappa shape index (κ3) is 2.27. The number of aromatic nitrogens is 1. The second-order valence-corrected chi connectivity index (χ2v) is 4.54. The van der Waals surface area contributed by atoms with Gasteiger partial charge in [-0.3, -0.25) is 9.69 Å². The van der Waals surface area contributed by atoms with E-state index >= 15 is 0 Å². The lowest BCUT2D eigenvalue weighted by molar-refractivity contribution is -0.117. The van der Waals surface area contributed by atoms with E-state index in [0.717, 1.165) is 0 Å². The van der Waals surface area contributed by atoms with Crippen molar-refractivity contribution in [2.45, 2.75) is 13.3 Å². The summed E-state index contributed by atoms with van der Waals surface area (Å²) >= 11 is 4.22. The molecule has 1 amide bonds. The Labute approximate surface area is 106 Å². The lowest BCUT2D eigenvalue weighted by Gasteiger charge is -2.15. The zero-order valence-corrected chi connectivity index (χ0v) is 10.4. The van der Waals surface area contributed by atoms with Crippen LogP contribution in [0.1, 0.15) is 17.7 Å². The van der Waals surface area contributed by atoms with Gasteiger partial charge in [-0.15, -0.1) is 0 Å². The topological polar surface area (TPSA) is 57.0 Å². The van der Waals surface area contributed by atoms with Crippen molar-refractivity contribution in [3.63, 3.8) is 0 Å². The highest BCUT2D eigenvalue weighted by atomic mass is 32.1. The van der Waals surface area contributed by atoms with E-state index in [2.05, 4.69) is 23.7 Å². The maximum absolute atomic E-state index is 11.8. The number of aryl methyl sites for hydroxylation is 1. The van der Waals surface area contributed by atoms with Gasteiger partial charge < -0.3 is 0 Å². The number of hydrogen-bond donors (Lipinski definition) is 1. The number of carbonyl (C=O) groups is 1. The Morgan fingerprint density at radius 3 is 2.94 bits per heavy atom. The van der Waals surface area contributed by atoms with Crippen molar-refractivity contribution in [2.75, 3.05) is 17.2 Å². The van der Waals surface area contributed by atoms with E-state index in [1.807, 2.05) is 0 Å². The highest BCUT2D eigenvalue weighted by Gasteiger charge is 2.30. The molecule has 2 heterocycles. The fraction of sp³-hybridized carbons (Fsp3) is 0.417. The first-order valence-corrected chi connectivity index (χ1v) is 6.08. The van der Waals surface area contributed by atoms with Crippen molar-refractivity contribution in [3.05, 3.63) is 23.4 Å². The summed E-state index contributed by atoms with van der Waals surface area (Å²) in [4.78, 5) is 17.8. The van der Waals surface area contributed by atoms with Gasteiger partial charge in [0.25, 0.3) is 0 Å². The number of thiol groups is 1. The minimum atomic E-state index is 0.0839. The lowest BCUT2D eigenvalue weighted by Crippen LogP contribution is -2.25. The molecular formula is C12H13N3OS. The molecule has 88 valence electrons. The van der Waals surface area contributed by atoms with E-state index in [0.29, 0.717) is 41.7 Å². The number of rotatable bonds is 2. The van der Waals surface area contributed by atoms with Crippen LogP contribution in [0.2, 0.25) is 0 Å². The van der Waals surface area contributed by atoms with Crippen LogP contribution < -0.4 is 4.90 Å². The summed E-state index contributed by atoms with van der Waals surface area (Å²) in [6.45, 7) is 2.44. The first-order valence-electron chi connectivity index (χ1n) is 5.44. The first-order chi connectivity index (χ1) is 8.15. The third-order valence-corrected chi connectivity index (χ3v) is 3.45. The van der Waals surface area contributed by atoms with Crippen LogP contribution >= 0.6 is 12.6 Å². The SMILES string of the molecule is Cc1nc(N2CC(CS)CC2=O)ccc1C#N. The first kappa shape index (κ1) is 11.9. The van der Waals surface area contributed by atoms with Gasteiger partial charge in [0.1, 0.15) is 11.9 Å². The van der Waals surface area contributed by atoms with Crippen LogP contribution in [-0.2, 0) is 4.79 Å². The Morgan fingerprint density at radius 1 is 1.65 bits per heavy atom. The van der Waals surface area contributed by atoms with E-state index < -0.39 is 0 Å². The van der Waals surface area contributed by atoms with Crippen molar-refractivity contribution >= 4 is 24.4 Å². The quantitative estimate of drug-likeness (QED) is 0.807. The average Bonchev–Trinajstić information content (AvgIpc) is 2.70. The molecule has 0 saturated carbocycles. The molecule has 5 heteroatoms. The highest BCUT2D eigenvalue weighted by Crippen LogP contribution is 2.24. The van der Waals surface area contributed by atoms with Crippen LogP contribution in [0.3, 0.4) is 0 Å². The molecule has 0 aliphatic carbocycles. The summed E-state index contributed by atoms with van der Waals surface area (Å²) in [5, 5.41) is 8.83. The molecule has 1 aromatic heterocycles. The molecule has 1 aromatic rings. The minimum Gasteiger partial charge on any atom is -0.296 e. The predicted octanol–water partition coefficient (Wildman–Crippen LogP) is 1.54. The van der Waals surface area contributed by atoms with Gasteiger partial charge in [0.2, 0.25) is 5.91 Å². The van der Waals surface area contributed by atoms with Crippen molar-refractivity contribution in [1.82, 2.24) is 4.98 Å². The number of anilines is 1. The predicted molar refractivity (Wildman–Crippen MR) is 68.0 cm³/mol. The molecule has 0 bridgehead atoms. The van der Waals surface area contributed by atoms with Crippen LogP contribution in [0.25, 0.3) is 0 Å². The standard InChI is InChI=1S/C12H13N3OS/c1-8-10(5-13)2-3-11(14-8)15-6-9(7-17)4-12(15)16/h2-3,9,17H,4,6-7H2,1H3. The molecule has 0 aromatic carbocycles. The van der Waals surface area contributed by atoms with Gasteiger partial charge in [-0.05, 0) is 30.7 Å². The molecule has 2 rings (SSSR count). The zero-order chi connectivity index (χ0) is 12.4. The van der Waals surface area contributed by atoms with Crippen LogP contribution in [-0.4, -0.2) is 23.2 Å². The van der Waals surface area contributed by atoms with Gasteiger partial charge in [0, 0.05) is 13.0 Å². The Bertz CT molecular complexity index is 495. The minimum absolute atomic E-state index is 0.0839. The number of nitriles is 1. The van der Waals surface area contributed by atoms with Crippen molar-refractivity contribution in [3.8, 4) is 6.07 Å². The summed E-state index contributed by atoms with van der Waals surface area (Å²) < 4.78 is 0. The molecule has 1 aliphatic rings. The lowest BCUT2D eigenvalue weighted by atomic mass is 10.1. The van der Waals surface area contributed by atoms with Crippen LogP contribution in [0, 0.1) is 24.2 Å². The monoisotopic (exact) mass is 247 g/mol. The van der Waals surface area contributed by atoms with E-state index in [1.165, 1.54) is 0 Å². The molecule has 1 saturated heterocycles. The molecule has 1 atom stereocenters. The zero-order valence-electron chi connectivity index (χ0n) is 9.55. The normalized spacial score (nSPS) is 19.5. The van der Waals surface area contributed by atoms with Gasteiger partial charge in [-0.1, -0.05) is 0 Å². The fourth-order valence-electron chi connectivity index (χ4n) is 1.94. The molecule has 1 aliphatic heterocycles. The third-order valence-electron chi connectivity index (χ3n) is 2.93. The van der Waals surface area contributed by atoms with E-state index in [4.69, 9.17) is 5.26 Å². The second-order valence-electron chi connectivity index (χ2n) is 4.17. The summed E-state index contributed by atoms with van der Waals surface area (Å²) in [5.41, 5.74) is 1.21. The number of hydrogen-bond acceptors (Lipinski definition) is 4. The molecule has 4 nitrogen and oxygen atoms in total. The smallest absolute Gasteiger partial charge is 0.228 e. The Kier molecular flexibility index (Phi) is 3.34. The van der Waals surface area contributed by atoms with Crippen LogP contribution in [0.15, 0.2) is 12.1 Å². The van der Waals surface area contributed by atoms with E-state index in [9.17, 15) is 4.79 Å². The number of carbonyl (C=O) groups excluding carboxylic acids is 1. The molecule has 0 spiro atoms. The van der Waals surface area contributed by atoms with Gasteiger partial charge in [-0.2, -0.15) is 17.9 Å². The Balaban J connectivity index is 2.27. The average molecular weight is 247 g/mol. The van der Waals surface area contributed by atoms with E-state index in [1.54, 1.807) is 24.0 Å². The van der Waals surface area contributed by atoms with Gasteiger partial charge in [0.05, 0.1) is 11.3 Å². The van der Waals surface area contributed by atoms with Gasteiger partial charge >= 0.3 is 0 Å². The molecule has 17 heavy (non-hydrogen) atoms. The molecule has 0 N–H and O–H groups in total. The van der Waals surface area contributed by atoms with Crippen molar-refractivity contribution in [1.29, 1.82) is 5.26 Å². The number of amides is 1. The van der Waals surface area contributed by atoms with Gasteiger partial charge in [-0.25, -0.2) is 4.98 Å². The summed E-state index contributed by atoms with van der Waals surface area (Å²) in [5.74, 6) is 1.72. The molecule has 0 radical (unpaired) electrons. The summed E-state index contributed by atoms with van der Waals surface area (Å²) in [6.07, 6.45) is 0.532. The fourth-order valence-corrected chi connectivity index (χ4v) is 2.19. The second kappa shape index (κ2) is 4.76. The largest absolute Gasteiger partial charge is 0.296 e. The Morgan fingerprint density at radius 2 is 2.41 bits per heavy atom. The maximum atomic E-state index is 11.8. The number of nitrogens with zero attached hydrogens (tertiary/aromatic N) is 3. The molecule has 1 fully saturated rings. The summed E-state index contributed by atoms with van der Waals surface area (Å²) in [6, 6.07) is 5.50. The molecule has 1 unspecified atom stereocenters. The van der Waals surface area contributed by atoms with Crippen molar-refractivity contribution < 1.29 is 4.79 Å². The molecular weight excluding hydrogens is 234 g/mol. The van der Waals surface area contributed by atoms with Crippen molar-refractivity contribution in [2.24, 2.45) is 5.92 Å². The van der Waals surface area contributed by atoms with Crippen LogP contribution in [0.5, 0.6) is 0 Å². The maximum Gasteiger partial charge on any atom is 0.228 e. The van der Waals surface area contributed by atoms with Crippen LogP contribution in [0.4, 0.5) is 5.82 Å². The summed E-state index contributed by atoms with van der Waals surface area (Å²) in [7, 11) is 0. The Hall–Kier alpha value is -1.54. The highest BCUT2D eigenvalue weighted by molar-refractivity contribution is 7.80.